The molecule has 2 aliphatic rings. The fourth-order valence-electron chi connectivity index (χ4n) is 2.92. The summed E-state index contributed by atoms with van der Waals surface area (Å²) < 4.78 is 31.8. The summed E-state index contributed by atoms with van der Waals surface area (Å²) in [6, 6.07) is 0. The zero-order chi connectivity index (χ0) is 19.5. The molecule has 0 aromatic carbocycles. The summed E-state index contributed by atoms with van der Waals surface area (Å²) in [6.45, 7) is 18.9. The van der Waals surface area contributed by atoms with Crippen molar-refractivity contribution >= 4 is 35.8 Å². The molecule has 5 nitrogen and oxygen atoms in total. The number of rotatable bonds is 4. The first kappa shape index (κ1) is 20.2. The SMILES string of the molecule is CCOc1c(B2OC(C)(C)C(C)(C)O2)csc1B1OC(C)(C)C(C)(C)O1. The van der Waals surface area contributed by atoms with Crippen molar-refractivity contribution in [2.24, 2.45) is 0 Å². The van der Waals surface area contributed by atoms with Crippen LogP contribution in [0.2, 0.25) is 0 Å². The minimum absolute atomic E-state index is 0.393. The number of hydrogen-bond donors (Lipinski definition) is 0. The predicted molar refractivity (Wildman–Crippen MR) is 107 cm³/mol. The van der Waals surface area contributed by atoms with Crippen LogP contribution in [0.15, 0.2) is 5.38 Å². The van der Waals surface area contributed by atoms with E-state index in [0.29, 0.717) is 6.61 Å². The second-order valence-corrected chi connectivity index (χ2v) is 9.91. The van der Waals surface area contributed by atoms with Crippen molar-refractivity contribution in [3.05, 3.63) is 5.38 Å². The van der Waals surface area contributed by atoms with Crippen LogP contribution < -0.4 is 15.0 Å². The van der Waals surface area contributed by atoms with Gasteiger partial charge in [-0.2, -0.15) is 0 Å². The van der Waals surface area contributed by atoms with Crippen LogP contribution in [0, 0.1) is 0 Å². The third-order valence-electron chi connectivity index (χ3n) is 6.06. The predicted octanol–water partition coefficient (Wildman–Crippen LogP) is 2.75. The van der Waals surface area contributed by atoms with E-state index in [1.165, 1.54) is 0 Å². The first-order chi connectivity index (χ1) is 11.8. The van der Waals surface area contributed by atoms with E-state index in [1.54, 1.807) is 11.3 Å². The molecular formula is C18H30B2O5S. The van der Waals surface area contributed by atoms with Crippen LogP contribution in [0.5, 0.6) is 5.75 Å². The van der Waals surface area contributed by atoms with Crippen LogP contribution in [-0.4, -0.2) is 43.2 Å². The van der Waals surface area contributed by atoms with Gasteiger partial charge in [-0.3, -0.25) is 0 Å². The van der Waals surface area contributed by atoms with Gasteiger partial charge in [0.2, 0.25) is 0 Å². The van der Waals surface area contributed by atoms with Gasteiger partial charge in [0, 0.05) is 5.46 Å². The molecule has 0 amide bonds. The average molecular weight is 380 g/mol. The topological polar surface area (TPSA) is 46.2 Å². The molecule has 0 atom stereocenters. The highest BCUT2D eigenvalue weighted by atomic mass is 32.1. The summed E-state index contributed by atoms with van der Waals surface area (Å²) in [5.41, 5.74) is -0.674. The van der Waals surface area contributed by atoms with Gasteiger partial charge in [0.1, 0.15) is 5.75 Å². The summed E-state index contributed by atoms with van der Waals surface area (Å²) in [4.78, 5) is 0. The summed E-state index contributed by atoms with van der Waals surface area (Å²) in [6.07, 6.45) is 0. The highest BCUT2D eigenvalue weighted by Gasteiger charge is 2.56. The second-order valence-electron chi connectivity index (χ2n) is 8.99. The Kier molecular flexibility index (Phi) is 4.85. The lowest BCUT2D eigenvalue weighted by molar-refractivity contribution is 0.00578. The van der Waals surface area contributed by atoms with Gasteiger partial charge in [-0.25, -0.2) is 0 Å². The van der Waals surface area contributed by atoms with Crippen molar-refractivity contribution in [1.29, 1.82) is 0 Å². The molecule has 0 spiro atoms. The van der Waals surface area contributed by atoms with Gasteiger partial charge >= 0.3 is 14.2 Å². The van der Waals surface area contributed by atoms with Gasteiger partial charge < -0.3 is 23.4 Å². The van der Waals surface area contributed by atoms with E-state index >= 15 is 0 Å². The lowest BCUT2D eigenvalue weighted by atomic mass is 9.76. The zero-order valence-electron chi connectivity index (χ0n) is 17.4. The lowest BCUT2D eigenvalue weighted by Crippen LogP contribution is -2.41. The van der Waals surface area contributed by atoms with Crippen molar-refractivity contribution in [2.45, 2.75) is 84.7 Å². The average Bonchev–Trinajstić information content (AvgIpc) is 3.03. The molecule has 8 heteroatoms. The third kappa shape index (κ3) is 3.14. The van der Waals surface area contributed by atoms with E-state index in [0.717, 1.165) is 16.0 Å². The van der Waals surface area contributed by atoms with Crippen LogP contribution in [0.4, 0.5) is 0 Å². The van der Waals surface area contributed by atoms with Gasteiger partial charge in [-0.05, 0) is 67.7 Å². The van der Waals surface area contributed by atoms with Crippen molar-refractivity contribution in [3.8, 4) is 5.75 Å². The molecular weight excluding hydrogens is 350 g/mol. The maximum atomic E-state index is 6.22. The molecule has 0 radical (unpaired) electrons. The van der Waals surface area contributed by atoms with Gasteiger partial charge in [-0.1, -0.05) is 0 Å². The molecule has 3 heterocycles. The fraction of sp³-hybridized carbons (Fsp3) is 0.778. The summed E-state index contributed by atoms with van der Waals surface area (Å²) >= 11 is 1.57. The molecule has 2 fully saturated rings. The normalized spacial score (nSPS) is 25.7. The van der Waals surface area contributed by atoms with Crippen LogP contribution in [0.3, 0.4) is 0 Å². The van der Waals surface area contributed by atoms with Crippen LogP contribution in [-0.2, 0) is 18.6 Å². The molecule has 1 aromatic heterocycles. The van der Waals surface area contributed by atoms with Crippen molar-refractivity contribution in [2.75, 3.05) is 6.61 Å². The Morgan fingerprint density at radius 2 is 1.23 bits per heavy atom. The molecule has 2 aliphatic heterocycles. The van der Waals surface area contributed by atoms with Crippen molar-refractivity contribution in [3.63, 3.8) is 0 Å². The highest BCUT2D eigenvalue weighted by Crippen LogP contribution is 2.39. The van der Waals surface area contributed by atoms with Crippen molar-refractivity contribution < 1.29 is 23.4 Å². The van der Waals surface area contributed by atoms with Gasteiger partial charge in [-0.15, -0.1) is 11.3 Å². The van der Waals surface area contributed by atoms with Crippen LogP contribution in [0.25, 0.3) is 0 Å². The van der Waals surface area contributed by atoms with Gasteiger partial charge in [0.05, 0.1) is 33.8 Å². The van der Waals surface area contributed by atoms with E-state index in [2.05, 4.69) is 55.4 Å². The molecule has 0 saturated carbocycles. The Hall–Kier alpha value is -0.530. The summed E-state index contributed by atoms with van der Waals surface area (Å²) in [7, 11) is -0.920. The minimum atomic E-state index is -0.464. The first-order valence-electron chi connectivity index (χ1n) is 9.27. The van der Waals surface area contributed by atoms with E-state index in [9.17, 15) is 0 Å². The second kappa shape index (κ2) is 6.24. The monoisotopic (exact) mass is 380 g/mol. The molecule has 0 bridgehead atoms. The molecule has 144 valence electrons. The van der Waals surface area contributed by atoms with E-state index in [1.807, 2.05) is 12.3 Å². The standard InChI is InChI=1S/C18H30B2O5S/c1-10-21-13-12(19-22-15(2,3)16(4,5)23-19)11-26-14(13)20-24-17(6,7)18(8,9)25-20/h11H,10H2,1-9H3. The van der Waals surface area contributed by atoms with Crippen LogP contribution in [0.1, 0.15) is 62.3 Å². The number of hydrogen-bond acceptors (Lipinski definition) is 6. The molecule has 3 rings (SSSR count). The Morgan fingerprint density at radius 3 is 1.65 bits per heavy atom. The highest BCUT2D eigenvalue weighted by molar-refractivity contribution is 7.22. The van der Waals surface area contributed by atoms with E-state index < -0.39 is 36.6 Å². The Morgan fingerprint density at radius 1 is 0.808 bits per heavy atom. The maximum Gasteiger partial charge on any atom is 0.509 e. The van der Waals surface area contributed by atoms with Crippen LogP contribution >= 0.6 is 11.3 Å². The zero-order valence-corrected chi connectivity index (χ0v) is 18.2. The first-order valence-corrected chi connectivity index (χ1v) is 10.1. The third-order valence-corrected chi connectivity index (χ3v) is 7.07. The number of thiophene rings is 1. The van der Waals surface area contributed by atoms with Gasteiger partial charge in [0.15, 0.2) is 0 Å². The molecule has 2 saturated heterocycles. The van der Waals surface area contributed by atoms with Crippen molar-refractivity contribution in [1.82, 2.24) is 0 Å². The molecule has 1 aromatic rings. The lowest BCUT2D eigenvalue weighted by Gasteiger charge is -2.32. The van der Waals surface area contributed by atoms with Gasteiger partial charge in [0.25, 0.3) is 0 Å². The summed E-state index contributed by atoms with van der Waals surface area (Å²) in [5, 5.41) is 2.04. The molecule has 26 heavy (non-hydrogen) atoms. The largest absolute Gasteiger partial charge is 0.509 e. The van der Waals surface area contributed by atoms with E-state index in [4.69, 9.17) is 23.4 Å². The maximum absolute atomic E-state index is 6.22. The smallest absolute Gasteiger partial charge is 0.494 e. The number of ether oxygens (including phenoxy) is 1. The summed E-state index contributed by atoms with van der Waals surface area (Å²) in [5.74, 6) is 0.759. The van der Waals surface area contributed by atoms with E-state index in [-0.39, 0.29) is 0 Å². The minimum Gasteiger partial charge on any atom is -0.494 e. The Bertz CT molecular complexity index is 598. The Balaban J connectivity index is 1.94. The molecule has 0 unspecified atom stereocenters. The molecule has 0 N–H and O–H groups in total. The Labute approximate surface area is 162 Å². The quantitative estimate of drug-likeness (QED) is 0.752. The molecule has 0 aliphatic carbocycles. The fourth-order valence-corrected chi connectivity index (χ4v) is 3.88.